The van der Waals surface area contributed by atoms with Crippen LogP contribution in [0.15, 0.2) is 48.5 Å². The molecule has 1 saturated heterocycles. The van der Waals surface area contributed by atoms with Gasteiger partial charge in [0.15, 0.2) is 11.4 Å². The van der Waals surface area contributed by atoms with Crippen molar-refractivity contribution in [3.8, 4) is 11.4 Å². The maximum atomic E-state index is 13.9. The van der Waals surface area contributed by atoms with Crippen LogP contribution in [0.2, 0.25) is 0 Å². The number of rotatable bonds is 7. The van der Waals surface area contributed by atoms with Crippen LogP contribution in [0.1, 0.15) is 41.5 Å². The third kappa shape index (κ3) is 5.29. The molecule has 0 aliphatic carbocycles. The quantitative estimate of drug-likeness (QED) is 0.498. The van der Waals surface area contributed by atoms with E-state index < -0.39 is 34.7 Å². The molecule has 0 atom stereocenters. The molecule has 1 aromatic heterocycles. The van der Waals surface area contributed by atoms with E-state index in [2.05, 4.69) is 15.6 Å². The van der Waals surface area contributed by atoms with E-state index in [4.69, 9.17) is 9.47 Å². The average Bonchev–Trinajstić information content (AvgIpc) is 3.30. The van der Waals surface area contributed by atoms with Gasteiger partial charge >= 0.3 is 6.18 Å². The fourth-order valence-corrected chi connectivity index (χ4v) is 4.19. The van der Waals surface area contributed by atoms with E-state index in [0.717, 1.165) is 29.8 Å². The molecule has 1 aliphatic heterocycles. The van der Waals surface area contributed by atoms with Gasteiger partial charge in [-0.05, 0) is 61.7 Å². The van der Waals surface area contributed by atoms with Gasteiger partial charge in [0, 0.05) is 25.2 Å². The zero-order chi connectivity index (χ0) is 25.1. The molecule has 11 heteroatoms. The van der Waals surface area contributed by atoms with Crippen molar-refractivity contribution in [2.75, 3.05) is 26.4 Å². The number of halogens is 4. The summed E-state index contributed by atoms with van der Waals surface area (Å²) in [6.45, 7) is 3.40. The van der Waals surface area contributed by atoms with Gasteiger partial charge in [-0.15, -0.1) is 5.10 Å². The number of hydrogen-bond donors (Lipinski definition) is 1. The molecular formula is C24H24F4N4O3. The van der Waals surface area contributed by atoms with Gasteiger partial charge in [0.25, 0.3) is 5.91 Å². The van der Waals surface area contributed by atoms with Crippen molar-refractivity contribution in [2.45, 2.75) is 31.4 Å². The number of aromatic nitrogens is 3. The zero-order valence-electron chi connectivity index (χ0n) is 18.9. The second-order valence-corrected chi connectivity index (χ2v) is 8.21. The Bertz CT molecular complexity index is 1160. The van der Waals surface area contributed by atoms with Gasteiger partial charge in [-0.25, -0.2) is 9.07 Å². The first-order chi connectivity index (χ1) is 16.7. The molecule has 1 N–H and O–H groups in total. The Hall–Kier alpha value is -3.47. The van der Waals surface area contributed by atoms with Crippen LogP contribution in [0.4, 0.5) is 17.6 Å². The van der Waals surface area contributed by atoms with E-state index in [0.29, 0.717) is 43.1 Å². The van der Waals surface area contributed by atoms with Crippen molar-refractivity contribution in [3.05, 3.63) is 71.3 Å². The van der Waals surface area contributed by atoms with Crippen molar-refractivity contribution < 1.29 is 31.8 Å². The van der Waals surface area contributed by atoms with Gasteiger partial charge in [0.1, 0.15) is 11.6 Å². The standard InChI is InChI=1S/C24H24F4N4O3/c1-2-35-19-9-3-16(4-10-19)23(11-13-34-14-12-23)15-29-22(33)20-21(24(26,27)28)32(31-30-20)18-7-5-17(25)6-8-18/h3-10H,2,11-15H2,1H3,(H,29,33). The van der Waals surface area contributed by atoms with E-state index in [1.165, 1.54) is 0 Å². The number of nitrogens with one attached hydrogen (secondary N) is 1. The lowest BCUT2D eigenvalue weighted by Gasteiger charge is -2.38. The summed E-state index contributed by atoms with van der Waals surface area (Å²) in [5.41, 5.74) is -1.85. The number of hydrogen-bond acceptors (Lipinski definition) is 5. The Morgan fingerprint density at radius 3 is 2.37 bits per heavy atom. The minimum absolute atomic E-state index is 0.0689. The number of alkyl halides is 3. The first kappa shape index (κ1) is 24.6. The minimum atomic E-state index is -4.92. The minimum Gasteiger partial charge on any atom is -0.494 e. The summed E-state index contributed by atoms with van der Waals surface area (Å²) in [6.07, 6.45) is -3.76. The topological polar surface area (TPSA) is 78.3 Å². The Morgan fingerprint density at radius 1 is 1.11 bits per heavy atom. The highest BCUT2D eigenvalue weighted by atomic mass is 19.4. The molecule has 4 rings (SSSR count). The normalized spacial score (nSPS) is 15.6. The number of benzene rings is 2. The summed E-state index contributed by atoms with van der Waals surface area (Å²) >= 11 is 0. The maximum Gasteiger partial charge on any atom is 0.435 e. The molecule has 0 radical (unpaired) electrons. The second kappa shape index (κ2) is 10.0. The summed E-state index contributed by atoms with van der Waals surface area (Å²) < 4.78 is 66.5. The first-order valence-electron chi connectivity index (χ1n) is 11.1. The van der Waals surface area contributed by atoms with Crippen molar-refractivity contribution in [1.29, 1.82) is 0 Å². The Labute approximate surface area is 199 Å². The maximum absolute atomic E-state index is 13.9. The Morgan fingerprint density at radius 2 is 1.77 bits per heavy atom. The molecule has 7 nitrogen and oxygen atoms in total. The highest BCUT2D eigenvalue weighted by Gasteiger charge is 2.43. The molecule has 2 aromatic carbocycles. The van der Waals surface area contributed by atoms with Crippen LogP contribution in [-0.2, 0) is 16.3 Å². The Balaban J connectivity index is 1.60. The first-order valence-corrected chi connectivity index (χ1v) is 11.1. The van der Waals surface area contributed by atoms with Crippen LogP contribution < -0.4 is 10.1 Å². The van der Waals surface area contributed by atoms with Crippen molar-refractivity contribution in [2.24, 2.45) is 0 Å². The van der Waals surface area contributed by atoms with E-state index in [-0.39, 0.29) is 12.2 Å². The third-order valence-corrected chi connectivity index (χ3v) is 6.04. The fraction of sp³-hybridized carbons (Fsp3) is 0.375. The fourth-order valence-electron chi connectivity index (χ4n) is 4.19. The zero-order valence-corrected chi connectivity index (χ0v) is 18.9. The summed E-state index contributed by atoms with van der Waals surface area (Å²) in [4.78, 5) is 12.9. The van der Waals surface area contributed by atoms with E-state index >= 15 is 0 Å². The average molecular weight is 492 g/mol. The van der Waals surface area contributed by atoms with E-state index in [1.807, 2.05) is 31.2 Å². The van der Waals surface area contributed by atoms with Crippen LogP contribution in [0, 0.1) is 5.82 Å². The van der Waals surface area contributed by atoms with Crippen LogP contribution in [0.5, 0.6) is 5.75 Å². The second-order valence-electron chi connectivity index (χ2n) is 8.21. The molecular weight excluding hydrogens is 468 g/mol. The molecule has 0 spiro atoms. The van der Waals surface area contributed by atoms with Crippen LogP contribution >= 0.6 is 0 Å². The van der Waals surface area contributed by atoms with Gasteiger partial charge in [-0.3, -0.25) is 4.79 Å². The van der Waals surface area contributed by atoms with Gasteiger partial charge in [-0.1, -0.05) is 17.3 Å². The van der Waals surface area contributed by atoms with Gasteiger partial charge in [-0.2, -0.15) is 13.2 Å². The lowest BCUT2D eigenvalue weighted by atomic mass is 9.74. The summed E-state index contributed by atoms with van der Waals surface area (Å²) in [7, 11) is 0. The van der Waals surface area contributed by atoms with Crippen LogP contribution in [0.3, 0.4) is 0 Å². The van der Waals surface area contributed by atoms with Gasteiger partial charge < -0.3 is 14.8 Å². The highest BCUT2D eigenvalue weighted by molar-refractivity contribution is 5.93. The monoisotopic (exact) mass is 492 g/mol. The molecule has 1 amide bonds. The number of carbonyl (C=O) groups excluding carboxylic acids is 1. The van der Waals surface area contributed by atoms with Crippen molar-refractivity contribution in [3.63, 3.8) is 0 Å². The third-order valence-electron chi connectivity index (χ3n) is 6.04. The largest absolute Gasteiger partial charge is 0.494 e. The van der Waals surface area contributed by atoms with Gasteiger partial charge in [0.05, 0.1) is 12.3 Å². The molecule has 186 valence electrons. The molecule has 0 bridgehead atoms. The van der Waals surface area contributed by atoms with Crippen molar-refractivity contribution >= 4 is 5.91 Å². The number of nitrogens with zero attached hydrogens (tertiary/aromatic N) is 3. The molecule has 2 heterocycles. The molecule has 0 saturated carbocycles. The highest BCUT2D eigenvalue weighted by Crippen LogP contribution is 2.36. The van der Waals surface area contributed by atoms with Gasteiger partial charge in [0.2, 0.25) is 0 Å². The van der Waals surface area contributed by atoms with Crippen LogP contribution in [-0.4, -0.2) is 47.3 Å². The summed E-state index contributed by atoms with van der Waals surface area (Å²) in [5.74, 6) is -0.909. The number of amides is 1. The molecule has 0 unspecified atom stereocenters. The lowest BCUT2D eigenvalue weighted by Crippen LogP contribution is -2.45. The molecule has 35 heavy (non-hydrogen) atoms. The summed E-state index contributed by atoms with van der Waals surface area (Å²) in [5, 5.41) is 9.68. The molecule has 1 aliphatic rings. The molecule has 3 aromatic rings. The number of ether oxygens (including phenoxy) is 2. The summed E-state index contributed by atoms with van der Waals surface area (Å²) in [6, 6.07) is 11.7. The van der Waals surface area contributed by atoms with E-state index in [9.17, 15) is 22.4 Å². The van der Waals surface area contributed by atoms with E-state index in [1.54, 1.807) is 0 Å². The number of carbonyl (C=O) groups is 1. The van der Waals surface area contributed by atoms with Crippen molar-refractivity contribution in [1.82, 2.24) is 20.3 Å². The smallest absolute Gasteiger partial charge is 0.435 e. The van der Waals surface area contributed by atoms with Crippen LogP contribution in [0.25, 0.3) is 5.69 Å². The predicted molar refractivity (Wildman–Crippen MR) is 118 cm³/mol. The SMILES string of the molecule is CCOc1ccc(C2(CNC(=O)c3nnn(-c4ccc(F)cc4)c3C(F)(F)F)CCOCC2)cc1. The molecule has 1 fully saturated rings. The Kier molecular flexibility index (Phi) is 7.06. The lowest BCUT2D eigenvalue weighted by molar-refractivity contribution is -0.143. The predicted octanol–water partition coefficient (Wildman–Crippen LogP) is 4.30.